The van der Waals surface area contributed by atoms with Gasteiger partial charge in [-0.2, -0.15) is 0 Å². The van der Waals surface area contributed by atoms with E-state index in [1.54, 1.807) is 19.1 Å². The molecule has 0 saturated heterocycles. The lowest BCUT2D eigenvalue weighted by Gasteiger charge is -2.18. The third kappa shape index (κ3) is 4.27. The van der Waals surface area contributed by atoms with Gasteiger partial charge in [0.05, 0.1) is 0 Å². The highest BCUT2D eigenvalue weighted by atomic mass is 19.1. The van der Waals surface area contributed by atoms with Crippen molar-refractivity contribution in [3.8, 4) is 5.75 Å². The van der Waals surface area contributed by atoms with Crippen LogP contribution in [0, 0.1) is 5.82 Å². The molecule has 102 valence electrons. The molecule has 1 aromatic carbocycles. The Bertz CT molecular complexity index is 365. The highest BCUT2D eigenvalue weighted by Gasteiger charge is 2.08. The molecule has 0 unspecified atom stereocenters. The van der Waals surface area contributed by atoms with Gasteiger partial charge in [0.15, 0.2) is 0 Å². The number of benzene rings is 1. The van der Waals surface area contributed by atoms with Crippen molar-refractivity contribution in [3.05, 3.63) is 29.6 Å². The molecule has 0 aliphatic heterocycles. The Morgan fingerprint density at radius 1 is 1.33 bits per heavy atom. The first-order valence-electron chi connectivity index (χ1n) is 6.48. The standard InChI is InChI=1S/C14H23FN2O/c1-4-17(5-2)8-9-18-12-6-7-13(11(3)16)14(15)10-12/h6-7,10-11H,4-5,8-9,16H2,1-3H3/t11-/m0/s1. The van der Waals surface area contributed by atoms with Gasteiger partial charge in [0.1, 0.15) is 18.2 Å². The smallest absolute Gasteiger partial charge is 0.131 e. The van der Waals surface area contributed by atoms with Crippen molar-refractivity contribution >= 4 is 0 Å². The molecule has 0 aliphatic carbocycles. The van der Waals surface area contributed by atoms with E-state index < -0.39 is 0 Å². The van der Waals surface area contributed by atoms with E-state index in [2.05, 4.69) is 18.7 Å². The number of ether oxygens (including phenoxy) is 1. The largest absolute Gasteiger partial charge is 0.492 e. The second-order valence-electron chi connectivity index (χ2n) is 4.35. The summed E-state index contributed by atoms with van der Waals surface area (Å²) in [5.41, 5.74) is 6.17. The molecule has 18 heavy (non-hydrogen) atoms. The number of hydrogen-bond donors (Lipinski definition) is 1. The molecule has 0 saturated carbocycles. The molecule has 0 aromatic heterocycles. The predicted molar refractivity (Wildman–Crippen MR) is 72.3 cm³/mol. The van der Waals surface area contributed by atoms with E-state index >= 15 is 0 Å². The number of rotatable bonds is 7. The Labute approximate surface area is 109 Å². The number of halogens is 1. The summed E-state index contributed by atoms with van der Waals surface area (Å²) in [7, 11) is 0. The number of likely N-dealkylation sites (N-methyl/N-ethyl adjacent to an activating group) is 1. The normalized spacial score (nSPS) is 12.8. The van der Waals surface area contributed by atoms with Crippen LogP contribution in [0.25, 0.3) is 0 Å². The predicted octanol–water partition coefficient (Wildman–Crippen LogP) is 2.57. The van der Waals surface area contributed by atoms with Crippen molar-refractivity contribution < 1.29 is 9.13 Å². The Kier molecular flexibility index (Phi) is 6.09. The van der Waals surface area contributed by atoms with Crippen LogP contribution in [0.5, 0.6) is 5.75 Å². The topological polar surface area (TPSA) is 38.5 Å². The minimum Gasteiger partial charge on any atom is -0.492 e. The average Bonchev–Trinajstić information content (AvgIpc) is 2.34. The van der Waals surface area contributed by atoms with Crippen molar-refractivity contribution in [1.82, 2.24) is 4.90 Å². The number of hydrogen-bond acceptors (Lipinski definition) is 3. The molecule has 0 aliphatic rings. The lowest BCUT2D eigenvalue weighted by atomic mass is 10.1. The Hall–Kier alpha value is -1.13. The fourth-order valence-electron chi connectivity index (χ4n) is 1.80. The van der Waals surface area contributed by atoms with Crippen LogP contribution >= 0.6 is 0 Å². The van der Waals surface area contributed by atoms with Gasteiger partial charge in [0, 0.05) is 24.2 Å². The third-order valence-electron chi connectivity index (χ3n) is 3.03. The zero-order chi connectivity index (χ0) is 13.5. The molecular weight excluding hydrogens is 231 g/mol. The summed E-state index contributed by atoms with van der Waals surface area (Å²) < 4.78 is 19.2. The number of nitrogens with two attached hydrogens (primary N) is 1. The van der Waals surface area contributed by atoms with Crippen LogP contribution in [0.2, 0.25) is 0 Å². The summed E-state index contributed by atoms with van der Waals surface area (Å²) in [6, 6.07) is 4.56. The van der Waals surface area contributed by atoms with Gasteiger partial charge >= 0.3 is 0 Å². The fraction of sp³-hybridized carbons (Fsp3) is 0.571. The highest BCUT2D eigenvalue weighted by Crippen LogP contribution is 2.20. The maximum Gasteiger partial charge on any atom is 0.131 e. The molecule has 0 amide bonds. The van der Waals surface area contributed by atoms with Crippen LogP contribution in [-0.4, -0.2) is 31.1 Å². The van der Waals surface area contributed by atoms with E-state index in [0.29, 0.717) is 17.9 Å². The maximum atomic E-state index is 13.6. The SMILES string of the molecule is CCN(CC)CCOc1ccc([C@H](C)N)c(F)c1. The minimum atomic E-state index is -0.301. The summed E-state index contributed by atoms with van der Waals surface area (Å²) in [4.78, 5) is 2.26. The van der Waals surface area contributed by atoms with E-state index in [4.69, 9.17) is 10.5 Å². The van der Waals surface area contributed by atoms with Gasteiger partial charge in [0.25, 0.3) is 0 Å². The summed E-state index contributed by atoms with van der Waals surface area (Å²) >= 11 is 0. The van der Waals surface area contributed by atoms with Crippen molar-refractivity contribution in [3.63, 3.8) is 0 Å². The second-order valence-corrected chi connectivity index (χ2v) is 4.35. The van der Waals surface area contributed by atoms with Crippen LogP contribution in [0.3, 0.4) is 0 Å². The first-order valence-corrected chi connectivity index (χ1v) is 6.48. The van der Waals surface area contributed by atoms with Crippen molar-refractivity contribution in [1.29, 1.82) is 0 Å². The van der Waals surface area contributed by atoms with Gasteiger partial charge in [-0.1, -0.05) is 19.9 Å². The molecule has 1 rings (SSSR count). The third-order valence-corrected chi connectivity index (χ3v) is 3.03. The Morgan fingerprint density at radius 2 is 2.00 bits per heavy atom. The lowest BCUT2D eigenvalue weighted by molar-refractivity contribution is 0.222. The molecule has 0 spiro atoms. The molecule has 0 bridgehead atoms. The summed E-state index contributed by atoms with van der Waals surface area (Å²) in [6.45, 7) is 9.40. The van der Waals surface area contributed by atoms with E-state index in [-0.39, 0.29) is 11.9 Å². The van der Waals surface area contributed by atoms with Gasteiger partial charge < -0.3 is 15.4 Å². The van der Waals surface area contributed by atoms with Crippen LogP contribution < -0.4 is 10.5 Å². The second kappa shape index (κ2) is 7.34. The van der Waals surface area contributed by atoms with E-state index in [9.17, 15) is 4.39 Å². The molecule has 2 N–H and O–H groups in total. The van der Waals surface area contributed by atoms with Gasteiger partial charge in [-0.15, -0.1) is 0 Å². The van der Waals surface area contributed by atoms with Crippen molar-refractivity contribution in [2.24, 2.45) is 5.73 Å². The zero-order valence-corrected chi connectivity index (χ0v) is 11.4. The zero-order valence-electron chi connectivity index (χ0n) is 11.4. The van der Waals surface area contributed by atoms with Crippen molar-refractivity contribution in [2.75, 3.05) is 26.2 Å². The van der Waals surface area contributed by atoms with Gasteiger partial charge in [-0.3, -0.25) is 0 Å². The first-order chi connectivity index (χ1) is 8.58. The van der Waals surface area contributed by atoms with E-state index in [0.717, 1.165) is 19.6 Å². The summed E-state index contributed by atoms with van der Waals surface area (Å²) in [6.07, 6.45) is 0. The van der Waals surface area contributed by atoms with E-state index in [1.807, 2.05) is 0 Å². The molecular formula is C14H23FN2O. The minimum absolute atomic E-state index is 0.297. The quantitative estimate of drug-likeness (QED) is 0.812. The molecule has 0 heterocycles. The number of nitrogens with zero attached hydrogens (tertiary/aromatic N) is 1. The molecule has 1 aromatic rings. The first kappa shape index (κ1) is 14.9. The average molecular weight is 254 g/mol. The Balaban J connectivity index is 2.51. The maximum absolute atomic E-state index is 13.6. The van der Waals surface area contributed by atoms with Gasteiger partial charge in [0.2, 0.25) is 0 Å². The fourth-order valence-corrected chi connectivity index (χ4v) is 1.80. The summed E-state index contributed by atoms with van der Waals surface area (Å²) in [5, 5.41) is 0. The van der Waals surface area contributed by atoms with Crippen LogP contribution in [0.4, 0.5) is 4.39 Å². The van der Waals surface area contributed by atoms with E-state index in [1.165, 1.54) is 6.07 Å². The van der Waals surface area contributed by atoms with Gasteiger partial charge in [-0.25, -0.2) is 4.39 Å². The van der Waals surface area contributed by atoms with Crippen LogP contribution in [0.15, 0.2) is 18.2 Å². The van der Waals surface area contributed by atoms with Crippen molar-refractivity contribution in [2.45, 2.75) is 26.8 Å². The van der Waals surface area contributed by atoms with Gasteiger partial charge in [-0.05, 0) is 26.1 Å². The molecule has 4 heteroatoms. The molecule has 1 atom stereocenters. The summed E-state index contributed by atoms with van der Waals surface area (Å²) in [5.74, 6) is 0.259. The molecule has 0 fully saturated rings. The molecule has 3 nitrogen and oxygen atoms in total. The Morgan fingerprint density at radius 3 is 2.50 bits per heavy atom. The highest BCUT2D eigenvalue weighted by molar-refractivity contribution is 5.30. The van der Waals surface area contributed by atoms with Crippen LogP contribution in [0.1, 0.15) is 32.4 Å². The monoisotopic (exact) mass is 254 g/mol. The lowest BCUT2D eigenvalue weighted by Crippen LogP contribution is -2.27. The molecule has 0 radical (unpaired) electrons. The van der Waals surface area contributed by atoms with Crippen LogP contribution in [-0.2, 0) is 0 Å².